The summed E-state index contributed by atoms with van der Waals surface area (Å²) in [6, 6.07) is 0. The molecule has 2 atom stereocenters. The van der Waals surface area contributed by atoms with E-state index in [-0.39, 0.29) is 11.1 Å². The van der Waals surface area contributed by atoms with Crippen LogP contribution in [0.15, 0.2) is 23.3 Å². The van der Waals surface area contributed by atoms with E-state index in [0.717, 1.165) is 19.3 Å². The van der Waals surface area contributed by atoms with Crippen LogP contribution in [0.5, 0.6) is 0 Å². The number of hydrogen-bond acceptors (Lipinski definition) is 4. The van der Waals surface area contributed by atoms with Crippen LogP contribution in [0.2, 0.25) is 0 Å². The number of unbranched alkanes of at least 4 members (excludes halogenated alkanes) is 11. The maximum atomic E-state index is 11.5. The van der Waals surface area contributed by atoms with Crippen LogP contribution in [0.3, 0.4) is 0 Å². The van der Waals surface area contributed by atoms with Crippen molar-refractivity contribution in [3.8, 4) is 0 Å². The van der Waals surface area contributed by atoms with Gasteiger partial charge in [0.25, 0.3) is 0 Å². The lowest BCUT2D eigenvalue weighted by atomic mass is 9.94. The molecule has 6 nitrogen and oxygen atoms in total. The molecular formula is C22H34O6. The Morgan fingerprint density at radius 3 is 1.96 bits per heavy atom. The lowest BCUT2D eigenvalue weighted by molar-refractivity contribution is -0.171. The van der Waals surface area contributed by atoms with Crippen LogP contribution in [0.1, 0.15) is 84.0 Å². The third-order valence-electron chi connectivity index (χ3n) is 5.45. The monoisotopic (exact) mass is 394 g/mol. The summed E-state index contributed by atoms with van der Waals surface area (Å²) in [7, 11) is 0. The number of fused-ring (bicyclic) bond motifs is 2. The van der Waals surface area contributed by atoms with E-state index in [2.05, 4.69) is 6.92 Å². The highest BCUT2D eigenvalue weighted by Gasteiger charge is 2.55. The van der Waals surface area contributed by atoms with Gasteiger partial charge in [0.15, 0.2) is 0 Å². The van der Waals surface area contributed by atoms with Crippen molar-refractivity contribution in [3.05, 3.63) is 23.3 Å². The smallest absolute Gasteiger partial charge is 0.338 e. The minimum absolute atomic E-state index is 0.232. The van der Waals surface area contributed by atoms with Gasteiger partial charge in [-0.25, -0.2) is 9.59 Å². The standard InChI is InChI=1S/C22H34O6/c1-2-3-4-5-6-7-8-9-10-11-12-13-16-27-22-15-14-17(28-22)18(20(23)24)19(22)21(25)26/h14-15,17H,2-13,16H2,1H3,(H,23,24)(H,25,26). The molecule has 2 aliphatic rings. The largest absolute Gasteiger partial charge is 0.478 e. The Morgan fingerprint density at radius 2 is 1.46 bits per heavy atom. The van der Waals surface area contributed by atoms with Gasteiger partial charge in [-0.1, -0.05) is 77.6 Å². The molecule has 0 radical (unpaired) electrons. The van der Waals surface area contributed by atoms with E-state index in [1.807, 2.05) is 0 Å². The second-order valence-corrected chi connectivity index (χ2v) is 7.70. The number of hydrogen-bond donors (Lipinski definition) is 2. The first kappa shape index (κ1) is 22.6. The van der Waals surface area contributed by atoms with Crippen LogP contribution in [0.4, 0.5) is 0 Å². The number of carboxylic acids is 2. The molecule has 0 aromatic carbocycles. The van der Waals surface area contributed by atoms with Crippen LogP contribution in [-0.4, -0.2) is 40.6 Å². The quantitative estimate of drug-likeness (QED) is 0.288. The first-order valence-corrected chi connectivity index (χ1v) is 10.7. The summed E-state index contributed by atoms with van der Waals surface area (Å²) < 4.78 is 11.3. The molecule has 0 spiro atoms. The molecule has 2 unspecified atom stereocenters. The summed E-state index contributed by atoms with van der Waals surface area (Å²) >= 11 is 0. The zero-order valence-electron chi connectivity index (χ0n) is 17.0. The summed E-state index contributed by atoms with van der Waals surface area (Å²) in [6.07, 6.45) is 17.0. The molecule has 2 rings (SSSR count). The summed E-state index contributed by atoms with van der Waals surface area (Å²) in [4.78, 5) is 22.9. The minimum Gasteiger partial charge on any atom is -0.478 e. The zero-order valence-corrected chi connectivity index (χ0v) is 17.0. The molecule has 0 aliphatic carbocycles. The van der Waals surface area contributed by atoms with Crippen LogP contribution >= 0.6 is 0 Å². The summed E-state index contributed by atoms with van der Waals surface area (Å²) in [5.74, 6) is -4.12. The fraction of sp³-hybridized carbons (Fsp3) is 0.727. The van der Waals surface area contributed by atoms with E-state index in [4.69, 9.17) is 9.47 Å². The zero-order chi connectivity index (χ0) is 20.4. The normalized spacial score (nSPS) is 23.0. The highest BCUT2D eigenvalue weighted by atomic mass is 16.7. The molecule has 2 N–H and O–H groups in total. The van der Waals surface area contributed by atoms with Crippen molar-refractivity contribution in [1.82, 2.24) is 0 Å². The van der Waals surface area contributed by atoms with Crippen LogP contribution in [-0.2, 0) is 19.1 Å². The highest BCUT2D eigenvalue weighted by Crippen LogP contribution is 2.44. The van der Waals surface area contributed by atoms with Gasteiger partial charge >= 0.3 is 11.9 Å². The van der Waals surface area contributed by atoms with Crippen molar-refractivity contribution in [2.24, 2.45) is 0 Å². The Bertz CT molecular complexity index is 594. The Labute approximate surface area is 167 Å². The van der Waals surface area contributed by atoms with Gasteiger partial charge in [0.2, 0.25) is 5.79 Å². The molecular weight excluding hydrogens is 360 g/mol. The predicted octanol–water partition coefficient (Wildman–Crippen LogP) is 4.83. The predicted molar refractivity (Wildman–Crippen MR) is 106 cm³/mol. The summed E-state index contributed by atoms with van der Waals surface area (Å²) in [5.41, 5.74) is -0.531. The fourth-order valence-corrected chi connectivity index (χ4v) is 3.92. The highest BCUT2D eigenvalue weighted by molar-refractivity contribution is 6.03. The molecule has 2 bridgehead atoms. The lowest BCUT2D eigenvalue weighted by Gasteiger charge is -2.24. The SMILES string of the molecule is CCCCCCCCCCCCCCOC12C=CC(O1)C(C(=O)O)=C2C(=O)O. The molecule has 158 valence electrons. The Balaban J connectivity index is 1.58. The van der Waals surface area contributed by atoms with Gasteiger partial charge in [0.1, 0.15) is 11.7 Å². The maximum Gasteiger partial charge on any atom is 0.338 e. The molecule has 28 heavy (non-hydrogen) atoms. The number of rotatable bonds is 16. The number of ether oxygens (including phenoxy) is 2. The molecule has 0 saturated heterocycles. The molecule has 0 aromatic rings. The Morgan fingerprint density at radius 1 is 0.929 bits per heavy atom. The van der Waals surface area contributed by atoms with Crippen molar-refractivity contribution in [2.75, 3.05) is 6.61 Å². The van der Waals surface area contributed by atoms with E-state index in [9.17, 15) is 19.8 Å². The van der Waals surface area contributed by atoms with E-state index < -0.39 is 23.8 Å². The van der Waals surface area contributed by atoms with Crippen LogP contribution in [0, 0.1) is 0 Å². The van der Waals surface area contributed by atoms with Gasteiger partial charge in [-0.3, -0.25) is 0 Å². The van der Waals surface area contributed by atoms with Crippen molar-refractivity contribution in [1.29, 1.82) is 0 Å². The summed E-state index contributed by atoms with van der Waals surface area (Å²) in [5, 5.41) is 18.7. The van der Waals surface area contributed by atoms with Crippen molar-refractivity contribution in [2.45, 2.75) is 95.9 Å². The van der Waals surface area contributed by atoms with Crippen molar-refractivity contribution in [3.63, 3.8) is 0 Å². The fourth-order valence-electron chi connectivity index (χ4n) is 3.92. The molecule has 0 aromatic heterocycles. The van der Waals surface area contributed by atoms with Crippen molar-refractivity contribution < 1.29 is 29.3 Å². The molecule has 0 amide bonds. The molecule has 0 fully saturated rings. The lowest BCUT2D eigenvalue weighted by Crippen LogP contribution is -2.35. The molecule has 0 saturated carbocycles. The van der Waals surface area contributed by atoms with Gasteiger partial charge in [0, 0.05) is 0 Å². The third-order valence-corrected chi connectivity index (χ3v) is 5.45. The first-order valence-electron chi connectivity index (χ1n) is 10.7. The number of aliphatic carboxylic acids is 2. The second kappa shape index (κ2) is 11.4. The number of carboxylic acid groups (broad SMARTS) is 2. The van der Waals surface area contributed by atoms with Gasteiger partial charge in [0.05, 0.1) is 12.2 Å². The number of carbonyl (C=O) groups is 2. The Kier molecular flexibility index (Phi) is 9.19. The van der Waals surface area contributed by atoms with E-state index in [0.29, 0.717) is 6.61 Å². The van der Waals surface area contributed by atoms with Crippen LogP contribution < -0.4 is 0 Å². The Hall–Kier alpha value is -1.66. The van der Waals surface area contributed by atoms with E-state index in [1.165, 1.54) is 63.9 Å². The molecule has 2 aliphatic heterocycles. The van der Waals surface area contributed by atoms with Gasteiger partial charge in [-0.05, 0) is 18.6 Å². The van der Waals surface area contributed by atoms with E-state index in [1.54, 1.807) is 6.08 Å². The molecule has 2 heterocycles. The topological polar surface area (TPSA) is 93.1 Å². The third kappa shape index (κ3) is 5.92. The summed E-state index contributed by atoms with van der Waals surface area (Å²) in [6.45, 7) is 2.58. The van der Waals surface area contributed by atoms with E-state index >= 15 is 0 Å². The molecule has 6 heteroatoms. The second-order valence-electron chi connectivity index (χ2n) is 7.70. The maximum absolute atomic E-state index is 11.5. The average molecular weight is 395 g/mol. The first-order chi connectivity index (χ1) is 13.5. The van der Waals surface area contributed by atoms with Crippen LogP contribution in [0.25, 0.3) is 0 Å². The average Bonchev–Trinajstić information content (AvgIpc) is 3.22. The minimum atomic E-state index is -1.54. The van der Waals surface area contributed by atoms with Gasteiger partial charge in [-0.2, -0.15) is 0 Å². The van der Waals surface area contributed by atoms with Gasteiger partial charge in [-0.15, -0.1) is 0 Å². The van der Waals surface area contributed by atoms with Gasteiger partial charge < -0.3 is 19.7 Å². The van der Waals surface area contributed by atoms with Crippen molar-refractivity contribution >= 4 is 11.9 Å².